The molecule has 128 valence electrons. The molecule has 0 fully saturated rings. The molecule has 0 aliphatic heterocycles. The van der Waals surface area contributed by atoms with E-state index >= 15 is 0 Å². The second kappa shape index (κ2) is 5.40. The zero-order valence-corrected chi connectivity index (χ0v) is 14.2. The van der Waals surface area contributed by atoms with Gasteiger partial charge >= 0.3 is 0 Å². The molecule has 0 saturated carbocycles. The number of nitrogens with two attached hydrogens (primary N) is 1. The number of fused-ring (bicyclic) bond motifs is 1. The molecule has 0 radical (unpaired) electrons. The van der Waals surface area contributed by atoms with Crippen molar-refractivity contribution in [1.29, 1.82) is 0 Å². The molecular formula is C18H21F2N3O. The van der Waals surface area contributed by atoms with Gasteiger partial charge in [0.15, 0.2) is 0 Å². The summed E-state index contributed by atoms with van der Waals surface area (Å²) in [5, 5.41) is 3.86. The van der Waals surface area contributed by atoms with Gasteiger partial charge < -0.3 is 5.73 Å². The van der Waals surface area contributed by atoms with Crippen molar-refractivity contribution in [3.05, 3.63) is 40.6 Å². The van der Waals surface area contributed by atoms with Crippen LogP contribution in [0.15, 0.2) is 18.2 Å². The van der Waals surface area contributed by atoms with E-state index in [1.807, 2.05) is 12.1 Å². The molecule has 1 aliphatic carbocycles. The molecular weight excluding hydrogens is 312 g/mol. The SMILES string of the molecule is C[C@@H]1CC(C)(C)c2cccc(-c3c(C(N)=O)c(C(F)F)nn3C)c21. The molecule has 4 nitrogen and oxygen atoms in total. The third kappa shape index (κ3) is 2.32. The zero-order chi connectivity index (χ0) is 17.8. The molecule has 3 rings (SSSR count). The predicted molar refractivity (Wildman–Crippen MR) is 88.2 cm³/mol. The van der Waals surface area contributed by atoms with Crippen LogP contribution in [0.5, 0.6) is 0 Å². The van der Waals surface area contributed by atoms with Crippen molar-refractivity contribution in [2.24, 2.45) is 12.8 Å². The Kier molecular flexibility index (Phi) is 3.73. The maximum atomic E-state index is 13.3. The minimum Gasteiger partial charge on any atom is -0.365 e. The topological polar surface area (TPSA) is 60.9 Å². The fourth-order valence-electron chi connectivity index (χ4n) is 4.12. The number of halogens is 2. The van der Waals surface area contributed by atoms with Gasteiger partial charge in [0.1, 0.15) is 5.69 Å². The van der Waals surface area contributed by atoms with E-state index in [0.29, 0.717) is 5.69 Å². The maximum Gasteiger partial charge on any atom is 0.282 e. The Morgan fingerprint density at radius 1 is 1.42 bits per heavy atom. The van der Waals surface area contributed by atoms with Crippen LogP contribution in [0.4, 0.5) is 8.78 Å². The van der Waals surface area contributed by atoms with Gasteiger partial charge in [-0.15, -0.1) is 0 Å². The summed E-state index contributed by atoms with van der Waals surface area (Å²) in [6.45, 7) is 6.45. The lowest BCUT2D eigenvalue weighted by atomic mass is 9.85. The van der Waals surface area contributed by atoms with Crippen molar-refractivity contribution >= 4 is 5.91 Å². The molecule has 1 aromatic carbocycles. The predicted octanol–water partition coefficient (Wildman–Crippen LogP) is 3.91. The number of aromatic nitrogens is 2. The highest BCUT2D eigenvalue weighted by atomic mass is 19.3. The van der Waals surface area contributed by atoms with Gasteiger partial charge in [-0.05, 0) is 28.9 Å². The van der Waals surface area contributed by atoms with Crippen LogP contribution in [-0.4, -0.2) is 15.7 Å². The molecule has 1 aromatic heterocycles. The summed E-state index contributed by atoms with van der Waals surface area (Å²) in [4.78, 5) is 11.9. The first kappa shape index (κ1) is 16.6. The van der Waals surface area contributed by atoms with Crippen molar-refractivity contribution in [3.8, 4) is 11.3 Å². The maximum absolute atomic E-state index is 13.3. The first-order valence-electron chi connectivity index (χ1n) is 7.93. The molecule has 0 unspecified atom stereocenters. The molecule has 0 spiro atoms. The van der Waals surface area contributed by atoms with E-state index in [9.17, 15) is 13.6 Å². The number of aryl methyl sites for hydroxylation is 1. The molecule has 1 heterocycles. The minimum absolute atomic E-state index is 0.00177. The van der Waals surface area contributed by atoms with Crippen LogP contribution >= 0.6 is 0 Å². The Labute approximate surface area is 139 Å². The molecule has 1 amide bonds. The monoisotopic (exact) mass is 333 g/mol. The van der Waals surface area contributed by atoms with Gasteiger partial charge in [-0.25, -0.2) is 8.78 Å². The Morgan fingerprint density at radius 3 is 2.67 bits per heavy atom. The smallest absolute Gasteiger partial charge is 0.282 e. The van der Waals surface area contributed by atoms with E-state index in [1.165, 1.54) is 10.2 Å². The Morgan fingerprint density at radius 2 is 2.08 bits per heavy atom. The number of carbonyl (C=O) groups is 1. The van der Waals surface area contributed by atoms with Crippen LogP contribution in [0, 0.1) is 0 Å². The molecule has 6 heteroatoms. The molecule has 2 N–H and O–H groups in total. The van der Waals surface area contributed by atoms with Crippen LogP contribution in [0.25, 0.3) is 11.3 Å². The summed E-state index contributed by atoms with van der Waals surface area (Å²) in [7, 11) is 1.57. The van der Waals surface area contributed by atoms with Gasteiger partial charge in [-0.3, -0.25) is 9.48 Å². The minimum atomic E-state index is -2.85. The quantitative estimate of drug-likeness (QED) is 0.926. The summed E-state index contributed by atoms with van der Waals surface area (Å²) >= 11 is 0. The average molecular weight is 333 g/mol. The summed E-state index contributed by atoms with van der Waals surface area (Å²) in [5.41, 5.74) is 8.09. The van der Waals surface area contributed by atoms with Crippen LogP contribution in [0.2, 0.25) is 0 Å². The highest BCUT2D eigenvalue weighted by Gasteiger charge is 2.38. The number of nitrogens with zero attached hydrogens (tertiary/aromatic N) is 2. The normalized spacial score (nSPS) is 18.9. The second-order valence-corrected chi connectivity index (χ2v) is 7.15. The highest BCUT2D eigenvalue weighted by Crippen LogP contribution is 2.49. The van der Waals surface area contributed by atoms with E-state index in [1.54, 1.807) is 7.05 Å². The van der Waals surface area contributed by atoms with Crippen molar-refractivity contribution in [1.82, 2.24) is 9.78 Å². The Balaban J connectivity index is 2.34. The second-order valence-electron chi connectivity index (χ2n) is 7.15. The first-order chi connectivity index (χ1) is 11.1. The summed E-state index contributed by atoms with van der Waals surface area (Å²) < 4.78 is 27.9. The van der Waals surface area contributed by atoms with Gasteiger partial charge in [0.2, 0.25) is 0 Å². The number of hydrogen-bond donors (Lipinski definition) is 1. The molecule has 2 aromatic rings. The average Bonchev–Trinajstić information content (AvgIpc) is 2.94. The number of amides is 1. The zero-order valence-electron chi connectivity index (χ0n) is 14.2. The highest BCUT2D eigenvalue weighted by molar-refractivity contribution is 6.00. The lowest BCUT2D eigenvalue weighted by molar-refractivity contribution is 0.0985. The molecule has 24 heavy (non-hydrogen) atoms. The number of benzene rings is 1. The van der Waals surface area contributed by atoms with Gasteiger partial charge in [0.05, 0.1) is 11.3 Å². The third-order valence-electron chi connectivity index (χ3n) is 4.93. The fourth-order valence-corrected chi connectivity index (χ4v) is 4.12. The fraction of sp³-hybridized carbons (Fsp3) is 0.444. The van der Waals surface area contributed by atoms with Gasteiger partial charge in [0.25, 0.3) is 12.3 Å². The number of carbonyl (C=O) groups excluding carboxylic acids is 1. The molecule has 1 atom stereocenters. The first-order valence-corrected chi connectivity index (χ1v) is 7.93. The number of alkyl halides is 2. The van der Waals surface area contributed by atoms with Crippen molar-refractivity contribution in [2.45, 2.75) is 45.0 Å². The summed E-state index contributed by atoms with van der Waals surface area (Å²) in [6, 6.07) is 5.82. The van der Waals surface area contributed by atoms with Gasteiger partial charge in [0, 0.05) is 12.6 Å². The number of primary amides is 1. The van der Waals surface area contributed by atoms with Gasteiger partial charge in [-0.1, -0.05) is 39.0 Å². The summed E-state index contributed by atoms with van der Waals surface area (Å²) in [5.74, 6) is -0.618. The van der Waals surface area contributed by atoms with E-state index in [-0.39, 0.29) is 16.9 Å². The molecule has 0 saturated heterocycles. The van der Waals surface area contributed by atoms with Crippen molar-refractivity contribution in [2.75, 3.05) is 0 Å². The van der Waals surface area contributed by atoms with E-state index < -0.39 is 18.0 Å². The summed E-state index contributed by atoms with van der Waals surface area (Å²) in [6.07, 6.45) is -1.89. The van der Waals surface area contributed by atoms with Crippen molar-refractivity contribution in [3.63, 3.8) is 0 Å². The van der Waals surface area contributed by atoms with Gasteiger partial charge in [-0.2, -0.15) is 5.10 Å². The molecule has 1 aliphatic rings. The number of rotatable bonds is 3. The molecule has 0 bridgehead atoms. The third-order valence-corrected chi connectivity index (χ3v) is 4.93. The Hall–Kier alpha value is -2.24. The number of hydrogen-bond acceptors (Lipinski definition) is 2. The standard InChI is InChI=1S/C18H21F2N3O/c1-9-8-18(2,3)11-7-5-6-10(12(9)11)15-13(17(21)24)14(16(19)20)22-23(15)4/h5-7,9,16H,8H2,1-4H3,(H2,21,24)/t9-/m1/s1. The largest absolute Gasteiger partial charge is 0.365 e. The van der Waals surface area contributed by atoms with E-state index in [0.717, 1.165) is 17.5 Å². The van der Waals surface area contributed by atoms with Crippen LogP contribution in [-0.2, 0) is 12.5 Å². The van der Waals surface area contributed by atoms with E-state index in [4.69, 9.17) is 5.73 Å². The lowest BCUT2D eigenvalue weighted by Crippen LogP contribution is -2.15. The van der Waals surface area contributed by atoms with Crippen LogP contribution in [0.3, 0.4) is 0 Å². The van der Waals surface area contributed by atoms with E-state index in [2.05, 4.69) is 31.9 Å². The Bertz CT molecular complexity index is 824. The van der Waals surface area contributed by atoms with Crippen LogP contribution in [0.1, 0.15) is 66.7 Å². The van der Waals surface area contributed by atoms with Crippen molar-refractivity contribution < 1.29 is 13.6 Å². The van der Waals surface area contributed by atoms with Crippen LogP contribution < -0.4 is 5.73 Å². The lowest BCUT2D eigenvalue weighted by Gasteiger charge is -2.19.